The van der Waals surface area contributed by atoms with Crippen molar-refractivity contribution in [3.8, 4) is 16.9 Å². The van der Waals surface area contributed by atoms with Crippen molar-refractivity contribution in [3.05, 3.63) is 84.4 Å². The highest BCUT2D eigenvalue weighted by Crippen LogP contribution is 2.22. The number of thiocarbonyl (C=S) groups is 1. The highest BCUT2D eigenvalue weighted by Gasteiger charge is 2.08. The fourth-order valence-corrected chi connectivity index (χ4v) is 3.14. The molecule has 2 N–H and O–H groups in total. The van der Waals surface area contributed by atoms with Crippen LogP contribution in [0.2, 0.25) is 0 Å². The van der Waals surface area contributed by atoms with Gasteiger partial charge in [-0.15, -0.1) is 0 Å². The van der Waals surface area contributed by atoms with Crippen LogP contribution >= 0.6 is 12.2 Å². The molecule has 3 rings (SSSR count). The van der Waals surface area contributed by atoms with Gasteiger partial charge in [-0.1, -0.05) is 54.6 Å². The minimum absolute atomic E-state index is 0.109. The van der Waals surface area contributed by atoms with E-state index in [2.05, 4.69) is 66.1 Å². The molecule has 0 aliphatic heterocycles. The van der Waals surface area contributed by atoms with Gasteiger partial charge in [0.15, 0.2) is 5.11 Å². The third-order valence-corrected chi connectivity index (χ3v) is 4.51. The molecule has 0 heterocycles. The Morgan fingerprint density at radius 1 is 0.889 bits per heavy atom. The topological polar surface area (TPSA) is 33.3 Å². The molecule has 3 nitrogen and oxygen atoms in total. The first-order valence-electron chi connectivity index (χ1n) is 9.11. The number of hydrogen-bond acceptors (Lipinski definition) is 2. The molecule has 138 valence electrons. The summed E-state index contributed by atoms with van der Waals surface area (Å²) in [6, 6.07) is 26.8. The molecule has 3 aromatic carbocycles. The summed E-state index contributed by atoms with van der Waals surface area (Å²) >= 11 is 5.45. The zero-order valence-corrected chi connectivity index (χ0v) is 16.4. The van der Waals surface area contributed by atoms with Crippen LogP contribution in [-0.2, 0) is 0 Å². The summed E-state index contributed by atoms with van der Waals surface area (Å²) in [5.41, 5.74) is 4.55. The monoisotopic (exact) mass is 376 g/mol. The van der Waals surface area contributed by atoms with E-state index in [1.54, 1.807) is 0 Å². The predicted molar refractivity (Wildman–Crippen MR) is 117 cm³/mol. The van der Waals surface area contributed by atoms with E-state index >= 15 is 0 Å². The number of hydrogen-bond donors (Lipinski definition) is 2. The van der Waals surface area contributed by atoms with Crippen LogP contribution in [0, 0.1) is 0 Å². The Hall–Kier alpha value is -2.85. The van der Waals surface area contributed by atoms with Crippen LogP contribution in [0.15, 0.2) is 78.9 Å². The van der Waals surface area contributed by atoms with Gasteiger partial charge in [-0.25, -0.2) is 0 Å². The number of rotatable bonds is 6. The van der Waals surface area contributed by atoms with Gasteiger partial charge >= 0.3 is 0 Å². The SMILES string of the molecule is CCOc1ccc(NC(=S)N[C@@H](C)c2ccc(-c3ccccc3)cc2)cc1. The molecule has 1 atom stereocenters. The lowest BCUT2D eigenvalue weighted by Crippen LogP contribution is -2.30. The molecule has 0 amide bonds. The summed E-state index contributed by atoms with van der Waals surface area (Å²) in [6.07, 6.45) is 0. The second-order valence-corrected chi connectivity index (χ2v) is 6.67. The van der Waals surface area contributed by atoms with Crippen LogP contribution in [0.25, 0.3) is 11.1 Å². The molecular formula is C23H24N2OS. The molecule has 0 aliphatic rings. The van der Waals surface area contributed by atoms with E-state index in [1.165, 1.54) is 16.7 Å². The van der Waals surface area contributed by atoms with Gasteiger partial charge in [0, 0.05) is 5.69 Å². The van der Waals surface area contributed by atoms with Crippen LogP contribution in [0.4, 0.5) is 5.69 Å². The molecule has 0 aliphatic carbocycles. The highest BCUT2D eigenvalue weighted by molar-refractivity contribution is 7.80. The van der Waals surface area contributed by atoms with Gasteiger partial charge in [-0.05, 0) is 67.0 Å². The maximum absolute atomic E-state index is 5.45. The minimum atomic E-state index is 0.109. The van der Waals surface area contributed by atoms with Crippen LogP contribution in [0.3, 0.4) is 0 Å². The zero-order valence-electron chi connectivity index (χ0n) is 15.6. The number of benzene rings is 3. The fraction of sp³-hybridized carbons (Fsp3) is 0.174. The summed E-state index contributed by atoms with van der Waals surface area (Å²) in [7, 11) is 0. The normalized spacial score (nSPS) is 11.5. The molecule has 0 unspecified atom stereocenters. The zero-order chi connectivity index (χ0) is 19.1. The Labute approximate surface area is 166 Å². The van der Waals surface area contributed by atoms with Crippen molar-refractivity contribution < 1.29 is 4.74 Å². The molecule has 0 fully saturated rings. The summed E-state index contributed by atoms with van der Waals surface area (Å²) in [4.78, 5) is 0. The maximum Gasteiger partial charge on any atom is 0.171 e. The predicted octanol–water partition coefficient (Wildman–Crippen LogP) is 5.80. The van der Waals surface area contributed by atoms with E-state index in [1.807, 2.05) is 37.3 Å². The van der Waals surface area contributed by atoms with Gasteiger partial charge in [0.1, 0.15) is 5.75 Å². The van der Waals surface area contributed by atoms with E-state index in [-0.39, 0.29) is 6.04 Å². The smallest absolute Gasteiger partial charge is 0.171 e. The van der Waals surface area contributed by atoms with Crippen LogP contribution in [0.1, 0.15) is 25.5 Å². The van der Waals surface area contributed by atoms with Gasteiger partial charge < -0.3 is 15.4 Å². The molecule has 0 aromatic heterocycles. The van der Waals surface area contributed by atoms with Crippen molar-refractivity contribution in [2.45, 2.75) is 19.9 Å². The van der Waals surface area contributed by atoms with Crippen molar-refractivity contribution >= 4 is 23.0 Å². The van der Waals surface area contributed by atoms with E-state index in [0.29, 0.717) is 11.7 Å². The Balaban J connectivity index is 1.57. The molecule has 0 saturated carbocycles. The second kappa shape index (κ2) is 9.19. The fourth-order valence-electron chi connectivity index (χ4n) is 2.84. The minimum Gasteiger partial charge on any atom is -0.494 e. The first kappa shape index (κ1) is 18.9. The Morgan fingerprint density at radius 3 is 2.15 bits per heavy atom. The van der Waals surface area contributed by atoms with Crippen molar-refractivity contribution in [2.24, 2.45) is 0 Å². The molecule has 4 heteroatoms. The molecule has 0 spiro atoms. The van der Waals surface area contributed by atoms with Crippen molar-refractivity contribution in [3.63, 3.8) is 0 Å². The van der Waals surface area contributed by atoms with Gasteiger partial charge in [-0.3, -0.25) is 0 Å². The van der Waals surface area contributed by atoms with Crippen molar-refractivity contribution in [1.29, 1.82) is 0 Å². The summed E-state index contributed by atoms with van der Waals surface area (Å²) in [6.45, 7) is 4.73. The standard InChI is InChI=1S/C23H24N2OS/c1-3-26-22-15-13-21(14-16-22)25-23(27)24-17(2)18-9-11-20(12-10-18)19-7-5-4-6-8-19/h4-17H,3H2,1-2H3,(H2,24,25,27)/t17-/m0/s1. The number of ether oxygens (including phenoxy) is 1. The third kappa shape index (κ3) is 5.31. The van der Waals surface area contributed by atoms with Gasteiger partial charge in [0.05, 0.1) is 12.6 Å². The van der Waals surface area contributed by atoms with Crippen LogP contribution < -0.4 is 15.4 Å². The van der Waals surface area contributed by atoms with Gasteiger partial charge in [-0.2, -0.15) is 0 Å². The molecule has 3 aromatic rings. The Bertz CT molecular complexity index is 861. The average Bonchev–Trinajstić information content (AvgIpc) is 2.70. The largest absolute Gasteiger partial charge is 0.494 e. The Kier molecular flexibility index (Phi) is 6.44. The quantitative estimate of drug-likeness (QED) is 0.533. The number of anilines is 1. The molecule has 0 radical (unpaired) electrons. The summed E-state index contributed by atoms with van der Waals surface area (Å²) < 4.78 is 5.45. The van der Waals surface area contributed by atoms with Crippen LogP contribution in [0.5, 0.6) is 5.75 Å². The molecule has 0 bridgehead atoms. The maximum atomic E-state index is 5.45. The summed E-state index contributed by atoms with van der Waals surface area (Å²) in [5.74, 6) is 0.855. The molecule has 0 saturated heterocycles. The van der Waals surface area contributed by atoms with E-state index < -0.39 is 0 Å². The van der Waals surface area contributed by atoms with Crippen molar-refractivity contribution in [1.82, 2.24) is 5.32 Å². The van der Waals surface area contributed by atoms with Crippen LogP contribution in [-0.4, -0.2) is 11.7 Å². The average molecular weight is 377 g/mol. The van der Waals surface area contributed by atoms with Gasteiger partial charge in [0.25, 0.3) is 0 Å². The van der Waals surface area contributed by atoms with Gasteiger partial charge in [0.2, 0.25) is 0 Å². The first-order chi connectivity index (χ1) is 13.2. The molecule has 27 heavy (non-hydrogen) atoms. The number of nitrogens with one attached hydrogen (secondary N) is 2. The summed E-state index contributed by atoms with van der Waals surface area (Å²) in [5, 5.41) is 7.14. The lowest BCUT2D eigenvalue weighted by Gasteiger charge is -2.18. The first-order valence-corrected chi connectivity index (χ1v) is 9.52. The Morgan fingerprint density at radius 2 is 1.52 bits per heavy atom. The van der Waals surface area contributed by atoms with Crippen molar-refractivity contribution in [2.75, 3.05) is 11.9 Å². The van der Waals surface area contributed by atoms with E-state index in [4.69, 9.17) is 17.0 Å². The van der Waals surface area contributed by atoms with E-state index in [0.717, 1.165) is 11.4 Å². The third-order valence-electron chi connectivity index (χ3n) is 4.29. The second-order valence-electron chi connectivity index (χ2n) is 6.27. The molecular weight excluding hydrogens is 352 g/mol. The lowest BCUT2D eigenvalue weighted by molar-refractivity contribution is 0.340. The van der Waals surface area contributed by atoms with E-state index in [9.17, 15) is 0 Å². The lowest BCUT2D eigenvalue weighted by atomic mass is 10.0. The highest BCUT2D eigenvalue weighted by atomic mass is 32.1.